The van der Waals surface area contributed by atoms with Crippen LogP contribution in [0.4, 0.5) is 0 Å². The third-order valence-electron chi connectivity index (χ3n) is 3.88. The number of hydrogen-bond donors (Lipinski definition) is 2. The van der Waals surface area contributed by atoms with Crippen LogP contribution in [0, 0.1) is 6.92 Å². The lowest BCUT2D eigenvalue weighted by molar-refractivity contribution is -0.145. The van der Waals surface area contributed by atoms with Crippen LogP contribution in [0.25, 0.3) is 0 Å². The predicted octanol–water partition coefficient (Wildman–Crippen LogP) is 2.99. The molecule has 1 fully saturated rings. The van der Waals surface area contributed by atoms with Crippen LogP contribution >= 0.6 is 0 Å². The van der Waals surface area contributed by atoms with E-state index < -0.39 is 11.4 Å². The maximum absolute atomic E-state index is 11.6. The van der Waals surface area contributed by atoms with E-state index in [-0.39, 0.29) is 5.75 Å². The highest BCUT2D eigenvalue weighted by Gasteiger charge is 2.41. The van der Waals surface area contributed by atoms with Crippen LogP contribution in [0.5, 0.6) is 5.75 Å². The molecule has 3 nitrogen and oxygen atoms in total. The van der Waals surface area contributed by atoms with Gasteiger partial charge in [0.2, 0.25) is 0 Å². The Labute approximate surface area is 101 Å². The van der Waals surface area contributed by atoms with Gasteiger partial charge in [0, 0.05) is 0 Å². The second kappa shape index (κ2) is 4.40. The first kappa shape index (κ1) is 12.0. The van der Waals surface area contributed by atoms with Gasteiger partial charge in [-0.05, 0) is 37.0 Å². The number of aliphatic carboxylic acids is 1. The van der Waals surface area contributed by atoms with Gasteiger partial charge in [0.1, 0.15) is 5.75 Å². The second-order valence-electron chi connectivity index (χ2n) is 4.95. The molecular weight excluding hydrogens is 216 g/mol. The summed E-state index contributed by atoms with van der Waals surface area (Å²) in [5, 5.41) is 19.3. The van der Waals surface area contributed by atoms with E-state index in [9.17, 15) is 15.0 Å². The number of rotatable bonds is 2. The van der Waals surface area contributed by atoms with Crippen molar-refractivity contribution in [1.29, 1.82) is 0 Å². The Hall–Kier alpha value is -1.51. The van der Waals surface area contributed by atoms with Crippen LogP contribution in [-0.4, -0.2) is 16.2 Å². The predicted molar refractivity (Wildman–Crippen MR) is 65.2 cm³/mol. The molecule has 1 aliphatic carbocycles. The molecule has 3 heteroatoms. The van der Waals surface area contributed by atoms with E-state index in [4.69, 9.17) is 0 Å². The van der Waals surface area contributed by atoms with Crippen molar-refractivity contribution in [3.8, 4) is 5.75 Å². The maximum Gasteiger partial charge on any atom is 0.314 e. The highest BCUT2D eigenvalue weighted by atomic mass is 16.4. The second-order valence-corrected chi connectivity index (χ2v) is 4.95. The van der Waals surface area contributed by atoms with Gasteiger partial charge in [0.05, 0.1) is 5.41 Å². The zero-order chi connectivity index (χ0) is 12.5. The summed E-state index contributed by atoms with van der Waals surface area (Å²) in [6.07, 6.45) is 4.34. The highest BCUT2D eigenvalue weighted by Crippen LogP contribution is 2.41. The largest absolute Gasteiger partial charge is 0.508 e. The zero-order valence-electron chi connectivity index (χ0n) is 10.1. The van der Waals surface area contributed by atoms with Gasteiger partial charge in [-0.2, -0.15) is 0 Å². The summed E-state index contributed by atoms with van der Waals surface area (Å²) in [5.41, 5.74) is 0.738. The smallest absolute Gasteiger partial charge is 0.314 e. The molecule has 0 aromatic heterocycles. The van der Waals surface area contributed by atoms with Crippen molar-refractivity contribution in [3.63, 3.8) is 0 Å². The van der Waals surface area contributed by atoms with Crippen LogP contribution in [0.2, 0.25) is 0 Å². The first-order valence-electron chi connectivity index (χ1n) is 6.10. The minimum absolute atomic E-state index is 0.189. The average Bonchev–Trinajstić information content (AvgIpc) is 2.33. The Morgan fingerprint density at radius 3 is 2.41 bits per heavy atom. The Morgan fingerprint density at radius 2 is 1.88 bits per heavy atom. The number of carbonyl (C=O) groups is 1. The molecule has 1 aromatic carbocycles. The van der Waals surface area contributed by atoms with Gasteiger partial charge in [-0.3, -0.25) is 4.79 Å². The minimum atomic E-state index is -0.788. The zero-order valence-corrected chi connectivity index (χ0v) is 10.1. The molecular formula is C14H18O3. The van der Waals surface area contributed by atoms with Gasteiger partial charge in [-0.25, -0.2) is 0 Å². The van der Waals surface area contributed by atoms with Crippen molar-refractivity contribution in [2.75, 3.05) is 0 Å². The van der Waals surface area contributed by atoms with Crippen molar-refractivity contribution in [3.05, 3.63) is 29.3 Å². The number of aryl methyl sites for hydroxylation is 1. The molecule has 0 radical (unpaired) electrons. The van der Waals surface area contributed by atoms with E-state index in [1.54, 1.807) is 12.1 Å². The summed E-state index contributed by atoms with van der Waals surface area (Å²) in [6.45, 7) is 1.81. The van der Waals surface area contributed by atoms with E-state index in [1.165, 1.54) is 0 Å². The molecule has 0 saturated heterocycles. The molecule has 2 N–H and O–H groups in total. The van der Waals surface area contributed by atoms with Gasteiger partial charge in [0.15, 0.2) is 0 Å². The minimum Gasteiger partial charge on any atom is -0.508 e. The SMILES string of the molecule is Cc1ccc(C2(C(=O)O)CCCCC2)cc1O. The van der Waals surface area contributed by atoms with Crippen molar-refractivity contribution in [1.82, 2.24) is 0 Å². The monoisotopic (exact) mass is 234 g/mol. The fraction of sp³-hybridized carbons (Fsp3) is 0.500. The van der Waals surface area contributed by atoms with E-state index in [0.717, 1.165) is 30.4 Å². The molecule has 92 valence electrons. The summed E-state index contributed by atoms with van der Waals surface area (Å²) in [4.78, 5) is 11.6. The molecule has 0 bridgehead atoms. The molecule has 0 amide bonds. The number of aromatic hydroxyl groups is 1. The van der Waals surface area contributed by atoms with Crippen LogP contribution in [0.3, 0.4) is 0 Å². The van der Waals surface area contributed by atoms with Gasteiger partial charge >= 0.3 is 5.97 Å². The molecule has 0 aliphatic heterocycles. The maximum atomic E-state index is 11.6. The Balaban J connectivity index is 2.45. The van der Waals surface area contributed by atoms with Crippen molar-refractivity contribution in [2.45, 2.75) is 44.4 Å². The third-order valence-corrected chi connectivity index (χ3v) is 3.88. The first-order valence-corrected chi connectivity index (χ1v) is 6.10. The highest BCUT2D eigenvalue weighted by molar-refractivity contribution is 5.81. The van der Waals surface area contributed by atoms with Gasteiger partial charge in [-0.1, -0.05) is 31.4 Å². The summed E-state index contributed by atoms with van der Waals surface area (Å²) in [7, 11) is 0. The quantitative estimate of drug-likeness (QED) is 0.827. The van der Waals surface area contributed by atoms with Crippen LogP contribution in [-0.2, 0) is 10.2 Å². The summed E-state index contributed by atoms with van der Waals surface area (Å²) >= 11 is 0. The topological polar surface area (TPSA) is 57.5 Å². The Kier molecular flexibility index (Phi) is 3.09. The Bertz CT molecular complexity index is 431. The average molecular weight is 234 g/mol. The Morgan fingerprint density at radius 1 is 1.24 bits per heavy atom. The molecule has 0 atom stereocenters. The molecule has 1 aromatic rings. The number of hydrogen-bond acceptors (Lipinski definition) is 2. The van der Waals surface area contributed by atoms with Gasteiger partial charge in [-0.15, -0.1) is 0 Å². The van der Waals surface area contributed by atoms with E-state index in [1.807, 2.05) is 13.0 Å². The number of phenolic OH excluding ortho intramolecular Hbond substituents is 1. The van der Waals surface area contributed by atoms with Crippen LogP contribution in [0.1, 0.15) is 43.2 Å². The van der Waals surface area contributed by atoms with Crippen LogP contribution in [0.15, 0.2) is 18.2 Å². The summed E-state index contributed by atoms with van der Waals surface area (Å²) < 4.78 is 0. The normalized spacial score (nSPS) is 18.9. The fourth-order valence-electron chi connectivity index (χ4n) is 2.69. The molecule has 1 saturated carbocycles. The lowest BCUT2D eigenvalue weighted by Gasteiger charge is -2.33. The lowest BCUT2D eigenvalue weighted by atomic mass is 9.69. The van der Waals surface area contributed by atoms with Crippen LogP contribution < -0.4 is 0 Å². The molecule has 17 heavy (non-hydrogen) atoms. The van der Waals surface area contributed by atoms with Gasteiger partial charge < -0.3 is 10.2 Å². The molecule has 0 spiro atoms. The van der Waals surface area contributed by atoms with Crippen molar-refractivity contribution in [2.24, 2.45) is 0 Å². The lowest BCUT2D eigenvalue weighted by Crippen LogP contribution is -2.37. The number of carboxylic acids is 1. The summed E-state index contributed by atoms with van der Waals surface area (Å²) in [5.74, 6) is -0.575. The van der Waals surface area contributed by atoms with E-state index >= 15 is 0 Å². The molecule has 1 aliphatic rings. The number of phenols is 1. The molecule has 0 heterocycles. The van der Waals surface area contributed by atoms with Crippen molar-refractivity contribution >= 4 is 5.97 Å². The number of carboxylic acid groups (broad SMARTS) is 1. The van der Waals surface area contributed by atoms with Crippen molar-refractivity contribution < 1.29 is 15.0 Å². The fourth-order valence-corrected chi connectivity index (χ4v) is 2.69. The van der Waals surface area contributed by atoms with E-state index in [2.05, 4.69) is 0 Å². The standard InChI is InChI=1S/C14H18O3/c1-10-5-6-11(9-12(10)15)14(13(16)17)7-3-2-4-8-14/h5-6,9,15H,2-4,7-8H2,1H3,(H,16,17). The first-order chi connectivity index (χ1) is 8.06. The van der Waals surface area contributed by atoms with Gasteiger partial charge in [0.25, 0.3) is 0 Å². The van der Waals surface area contributed by atoms with E-state index in [0.29, 0.717) is 12.8 Å². The molecule has 0 unspecified atom stereocenters. The number of benzene rings is 1. The third kappa shape index (κ3) is 2.02. The summed E-state index contributed by atoms with van der Waals surface area (Å²) in [6, 6.07) is 5.26. The molecule has 2 rings (SSSR count).